The van der Waals surface area contributed by atoms with Crippen LogP contribution in [0.1, 0.15) is 182 Å². The van der Waals surface area contributed by atoms with E-state index in [1.807, 2.05) is 0 Å². The van der Waals surface area contributed by atoms with Crippen LogP contribution in [0.4, 0.5) is 4.79 Å². The smallest absolute Gasteiger partial charge is 0.462 e. The van der Waals surface area contributed by atoms with Gasteiger partial charge < -0.3 is 24.4 Å². The van der Waals surface area contributed by atoms with Gasteiger partial charge in [0.05, 0.1) is 19.3 Å². The van der Waals surface area contributed by atoms with Crippen LogP contribution in [-0.2, 0) is 37.4 Å². The zero-order valence-electron chi connectivity index (χ0n) is 31.5. The first-order chi connectivity index (χ1) is 23.6. The summed E-state index contributed by atoms with van der Waals surface area (Å²) in [6.07, 6.45) is 24.1. The molecule has 11 nitrogen and oxygen atoms in total. The summed E-state index contributed by atoms with van der Waals surface area (Å²) >= 11 is 0. The molecule has 1 amide bonds. The summed E-state index contributed by atoms with van der Waals surface area (Å²) in [5.41, 5.74) is 0. The average molecular weight is 722 g/mol. The molecule has 0 saturated carbocycles. The lowest BCUT2D eigenvalue weighted by Gasteiger charge is -2.20. The molecule has 2 unspecified atom stereocenters. The number of phosphoric ester groups is 1. The molecule has 0 rings (SSSR count). The third-order valence-electron chi connectivity index (χ3n) is 8.09. The topological polar surface area (TPSA) is 147 Å². The van der Waals surface area contributed by atoms with Crippen LogP contribution in [0.15, 0.2) is 0 Å². The number of ether oxygens (including phenoxy) is 3. The number of unbranched alkanes of at least 4 members (excludes halogenated alkanes) is 20. The van der Waals surface area contributed by atoms with E-state index in [4.69, 9.17) is 23.3 Å². The molecule has 2 atom stereocenters. The van der Waals surface area contributed by atoms with Gasteiger partial charge in [-0.2, -0.15) is 0 Å². The fourth-order valence-corrected chi connectivity index (χ4v) is 6.02. The van der Waals surface area contributed by atoms with E-state index in [1.165, 1.54) is 96.3 Å². The van der Waals surface area contributed by atoms with E-state index in [1.54, 1.807) is 13.8 Å². The van der Waals surface area contributed by atoms with Crippen molar-refractivity contribution < 1.29 is 47.1 Å². The Balaban J connectivity index is 4.52. The van der Waals surface area contributed by atoms with E-state index < -0.39 is 38.6 Å². The minimum absolute atomic E-state index is 0.0759. The molecule has 2 N–H and O–H groups in total. The van der Waals surface area contributed by atoms with Crippen molar-refractivity contribution in [2.45, 2.75) is 194 Å². The summed E-state index contributed by atoms with van der Waals surface area (Å²) in [4.78, 5) is 46.6. The minimum Gasteiger partial charge on any atom is -0.462 e. The van der Waals surface area contributed by atoms with Crippen LogP contribution in [-0.4, -0.2) is 61.5 Å². The summed E-state index contributed by atoms with van der Waals surface area (Å²) < 4.78 is 38.1. The first-order valence-electron chi connectivity index (χ1n) is 19.5. The Kier molecular flexibility index (Phi) is 32.3. The van der Waals surface area contributed by atoms with Gasteiger partial charge in [0.15, 0.2) is 6.10 Å². The molecular formula is C37H72NO10P. The van der Waals surface area contributed by atoms with E-state index in [-0.39, 0.29) is 38.7 Å². The Morgan fingerprint density at radius 2 is 1.02 bits per heavy atom. The predicted molar refractivity (Wildman–Crippen MR) is 194 cm³/mol. The molecule has 0 saturated heterocycles. The fraction of sp³-hybridized carbons (Fsp3) is 0.919. The van der Waals surface area contributed by atoms with Gasteiger partial charge in [0.1, 0.15) is 6.61 Å². The van der Waals surface area contributed by atoms with E-state index >= 15 is 0 Å². The Labute approximate surface area is 298 Å². The Morgan fingerprint density at radius 3 is 1.47 bits per heavy atom. The van der Waals surface area contributed by atoms with Gasteiger partial charge in [-0.15, -0.1) is 0 Å². The molecule has 12 heteroatoms. The van der Waals surface area contributed by atoms with Crippen molar-refractivity contribution >= 4 is 25.9 Å². The molecule has 0 bridgehead atoms. The second-order valence-corrected chi connectivity index (χ2v) is 14.8. The van der Waals surface area contributed by atoms with Crippen molar-refractivity contribution in [3.63, 3.8) is 0 Å². The zero-order chi connectivity index (χ0) is 36.4. The quantitative estimate of drug-likeness (QED) is 0.0280. The average Bonchev–Trinajstić information content (AvgIpc) is 3.05. The number of rotatable bonds is 35. The number of hydrogen-bond acceptors (Lipinski definition) is 9. The molecule has 0 aliphatic rings. The van der Waals surface area contributed by atoms with Gasteiger partial charge in [-0.1, -0.05) is 142 Å². The highest BCUT2D eigenvalue weighted by Gasteiger charge is 2.26. The molecule has 0 aliphatic heterocycles. The highest BCUT2D eigenvalue weighted by molar-refractivity contribution is 7.47. The van der Waals surface area contributed by atoms with Crippen molar-refractivity contribution in [3.05, 3.63) is 0 Å². The number of alkyl carbamates (subject to hydrolysis) is 1. The van der Waals surface area contributed by atoms with Gasteiger partial charge in [0, 0.05) is 19.4 Å². The van der Waals surface area contributed by atoms with Crippen LogP contribution in [0.25, 0.3) is 0 Å². The Morgan fingerprint density at radius 1 is 0.592 bits per heavy atom. The molecule has 49 heavy (non-hydrogen) atoms. The molecule has 0 spiro atoms. The van der Waals surface area contributed by atoms with E-state index in [2.05, 4.69) is 19.2 Å². The Bertz CT molecular complexity index is 857. The highest BCUT2D eigenvalue weighted by atomic mass is 31.2. The molecule has 0 aromatic rings. The number of hydrogen-bond donors (Lipinski definition) is 2. The lowest BCUT2D eigenvalue weighted by atomic mass is 10.1. The Hall–Kier alpha value is -1.68. The van der Waals surface area contributed by atoms with Crippen LogP contribution in [0.5, 0.6) is 0 Å². The van der Waals surface area contributed by atoms with Gasteiger partial charge in [0.25, 0.3) is 0 Å². The second kappa shape index (κ2) is 33.5. The van der Waals surface area contributed by atoms with Crippen molar-refractivity contribution in [1.82, 2.24) is 5.32 Å². The number of carbonyl (C=O) groups excluding carboxylic acids is 3. The number of carbonyl (C=O) groups is 3. The number of amides is 1. The van der Waals surface area contributed by atoms with E-state index in [9.17, 15) is 23.8 Å². The molecule has 0 heterocycles. The summed E-state index contributed by atoms with van der Waals surface area (Å²) in [7, 11) is -4.54. The fourth-order valence-electron chi connectivity index (χ4n) is 5.27. The van der Waals surface area contributed by atoms with Crippen molar-refractivity contribution in [2.75, 3.05) is 26.4 Å². The lowest BCUT2D eigenvalue weighted by Crippen LogP contribution is -2.30. The van der Waals surface area contributed by atoms with Crippen molar-refractivity contribution in [3.8, 4) is 0 Å². The number of esters is 2. The minimum atomic E-state index is -4.54. The van der Waals surface area contributed by atoms with Crippen molar-refractivity contribution in [1.29, 1.82) is 0 Å². The summed E-state index contributed by atoms with van der Waals surface area (Å²) in [5.74, 6) is -0.891. The summed E-state index contributed by atoms with van der Waals surface area (Å²) in [6.45, 7) is 6.68. The third kappa shape index (κ3) is 34.5. The maximum Gasteiger partial charge on any atom is 0.472 e. The second-order valence-electron chi connectivity index (χ2n) is 13.3. The molecule has 0 aromatic heterocycles. The first-order valence-corrected chi connectivity index (χ1v) is 21.0. The number of nitrogens with one attached hydrogen (secondary N) is 1. The van der Waals surface area contributed by atoms with E-state index in [0.717, 1.165) is 32.1 Å². The van der Waals surface area contributed by atoms with Crippen LogP contribution in [0.2, 0.25) is 0 Å². The van der Waals surface area contributed by atoms with Crippen LogP contribution >= 0.6 is 7.82 Å². The SMILES string of the molecule is CCCCCCCCCCCCCC(=O)OCC(COP(=O)(O)OCCNC(=O)OC(C)C)OC(=O)CCCCCCCCCCCCC. The molecule has 290 valence electrons. The first kappa shape index (κ1) is 47.3. The number of phosphoric acid groups is 1. The summed E-state index contributed by atoms with van der Waals surface area (Å²) in [6, 6.07) is 0. The zero-order valence-corrected chi connectivity index (χ0v) is 32.4. The third-order valence-corrected chi connectivity index (χ3v) is 9.07. The van der Waals surface area contributed by atoms with Gasteiger partial charge in [0.2, 0.25) is 0 Å². The molecule has 0 fully saturated rings. The summed E-state index contributed by atoms with van der Waals surface area (Å²) in [5, 5.41) is 2.40. The van der Waals surface area contributed by atoms with Gasteiger partial charge in [-0.3, -0.25) is 18.6 Å². The van der Waals surface area contributed by atoms with Gasteiger partial charge in [-0.05, 0) is 26.7 Å². The predicted octanol–water partition coefficient (Wildman–Crippen LogP) is 10.1. The van der Waals surface area contributed by atoms with Gasteiger partial charge in [-0.25, -0.2) is 9.36 Å². The normalized spacial score (nSPS) is 13.2. The van der Waals surface area contributed by atoms with Gasteiger partial charge >= 0.3 is 25.9 Å². The van der Waals surface area contributed by atoms with Crippen LogP contribution in [0, 0.1) is 0 Å². The molecule has 0 aromatic carbocycles. The molecular weight excluding hydrogens is 649 g/mol. The maximum atomic E-state index is 12.6. The van der Waals surface area contributed by atoms with Crippen LogP contribution < -0.4 is 5.32 Å². The van der Waals surface area contributed by atoms with Crippen LogP contribution in [0.3, 0.4) is 0 Å². The van der Waals surface area contributed by atoms with Crippen molar-refractivity contribution in [2.24, 2.45) is 0 Å². The van der Waals surface area contributed by atoms with E-state index in [0.29, 0.717) is 12.8 Å². The highest BCUT2D eigenvalue weighted by Crippen LogP contribution is 2.43. The maximum absolute atomic E-state index is 12.6. The molecule has 0 aliphatic carbocycles. The molecule has 0 radical (unpaired) electrons. The largest absolute Gasteiger partial charge is 0.472 e. The lowest BCUT2D eigenvalue weighted by molar-refractivity contribution is -0.161. The monoisotopic (exact) mass is 721 g/mol. The standard InChI is InChI=1S/C37H72NO10P/c1-5-7-9-11-13-15-17-19-21-23-25-27-35(39)44-31-34(32-46-49(42,43)45-30-29-38-37(41)47-33(3)4)48-36(40)28-26-24-22-20-18-16-14-12-10-8-6-2/h33-34H,5-32H2,1-4H3,(H,38,41)(H,42,43).